The van der Waals surface area contributed by atoms with E-state index < -0.39 is 0 Å². The highest BCUT2D eigenvalue weighted by Crippen LogP contribution is 2.08. The van der Waals surface area contributed by atoms with Crippen LogP contribution in [0.3, 0.4) is 0 Å². The third kappa shape index (κ3) is 3.23. The summed E-state index contributed by atoms with van der Waals surface area (Å²) in [6, 6.07) is 5.20. The Bertz CT molecular complexity index is 361. The molecule has 0 amide bonds. The summed E-state index contributed by atoms with van der Waals surface area (Å²) in [7, 11) is 3.47. The van der Waals surface area contributed by atoms with Crippen LogP contribution < -0.4 is 10.6 Å². The molecule has 0 saturated carbocycles. The second kappa shape index (κ2) is 5.34. The van der Waals surface area contributed by atoms with Crippen molar-refractivity contribution in [1.29, 1.82) is 0 Å². The Morgan fingerprint density at radius 3 is 2.73 bits per heavy atom. The number of rotatable bonds is 2. The molecule has 0 radical (unpaired) electrons. The van der Waals surface area contributed by atoms with Crippen LogP contribution in [0.1, 0.15) is 11.1 Å². The first kappa shape index (κ1) is 11.5. The Morgan fingerprint density at radius 1 is 1.47 bits per heavy atom. The topological polar surface area (TPSA) is 36.4 Å². The van der Waals surface area contributed by atoms with Crippen molar-refractivity contribution in [3.05, 3.63) is 35.1 Å². The van der Waals surface area contributed by atoms with Crippen molar-refractivity contribution in [3.63, 3.8) is 0 Å². The van der Waals surface area contributed by atoms with E-state index >= 15 is 0 Å². The first-order chi connectivity index (χ1) is 7.17. The third-order valence-corrected chi connectivity index (χ3v) is 2.16. The summed E-state index contributed by atoms with van der Waals surface area (Å²) in [6.45, 7) is 2.31. The number of hydrogen-bond donors (Lipinski definition) is 2. The molecule has 4 heteroatoms. The first-order valence-electron chi connectivity index (χ1n) is 4.80. The van der Waals surface area contributed by atoms with Gasteiger partial charge < -0.3 is 10.6 Å². The van der Waals surface area contributed by atoms with Crippen molar-refractivity contribution in [2.45, 2.75) is 13.5 Å². The van der Waals surface area contributed by atoms with Crippen molar-refractivity contribution in [1.82, 2.24) is 10.6 Å². The predicted octanol–water partition coefficient (Wildman–Crippen LogP) is 1.43. The zero-order chi connectivity index (χ0) is 11.3. The van der Waals surface area contributed by atoms with E-state index in [1.165, 1.54) is 6.07 Å². The molecule has 0 bridgehead atoms. The molecule has 1 rings (SSSR count). The van der Waals surface area contributed by atoms with Crippen LogP contribution in [0.2, 0.25) is 0 Å². The number of hydrogen-bond acceptors (Lipinski definition) is 1. The molecule has 0 atom stereocenters. The summed E-state index contributed by atoms with van der Waals surface area (Å²) in [6.07, 6.45) is 0. The van der Waals surface area contributed by atoms with Crippen LogP contribution in [0, 0.1) is 12.7 Å². The SMILES string of the molecule is CN=C(NC)NCc1ccc(C)c(F)c1. The Balaban J connectivity index is 2.62. The van der Waals surface area contributed by atoms with E-state index in [0.29, 0.717) is 18.1 Å². The summed E-state index contributed by atoms with van der Waals surface area (Å²) >= 11 is 0. The Hall–Kier alpha value is -1.58. The highest BCUT2D eigenvalue weighted by Gasteiger charge is 2.00. The number of guanidine groups is 1. The molecule has 0 heterocycles. The van der Waals surface area contributed by atoms with Crippen molar-refractivity contribution >= 4 is 5.96 Å². The molecule has 0 fully saturated rings. The van der Waals surface area contributed by atoms with Gasteiger partial charge in [-0.25, -0.2) is 4.39 Å². The van der Waals surface area contributed by atoms with Crippen LogP contribution in [0.4, 0.5) is 4.39 Å². The highest BCUT2D eigenvalue weighted by molar-refractivity contribution is 5.79. The molecule has 1 aromatic carbocycles. The molecule has 0 aliphatic carbocycles. The molecule has 1 aromatic rings. The van der Waals surface area contributed by atoms with Crippen molar-refractivity contribution < 1.29 is 4.39 Å². The first-order valence-corrected chi connectivity index (χ1v) is 4.80. The molecular weight excluding hydrogens is 193 g/mol. The van der Waals surface area contributed by atoms with Crippen LogP contribution >= 0.6 is 0 Å². The van der Waals surface area contributed by atoms with Gasteiger partial charge in [0.25, 0.3) is 0 Å². The maximum Gasteiger partial charge on any atom is 0.190 e. The van der Waals surface area contributed by atoms with E-state index in [1.54, 1.807) is 27.1 Å². The van der Waals surface area contributed by atoms with Gasteiger partial charge in [-0.2, -0.15) is 0 Å². The molecule has 0 aliphatic heterocycles. The fraction of sp³-hybridized carbons (Fsp3) is 0.364. The zero-order valence-electron chi connectivity index (χ0n) is 9.26. The van der Waals surface area contributed by atoms with Crippen LogP contribution in [0.15, 0.2) is 23.2 Å². The summed E-state index contributed by atoms with van der Waals surface area (Å²) < 4.78 is 13.2. The Morgan fingerprint density at radius 2 is 2.20 bits per heavy atom. The summed E-state index contributed by atoms with van der Waals surface area (Å²) in [5, 5.41) is 5.95. The normalized spacial score (nSPS) is 11.3. The lowest BCUT2D eigenvalue weighted by atomic mass is 10.1. The van der Waals surface area contributed by atoms with E-state index in [-0.39, 0.29) is 5.82 Å². The minimum atomic E-state index is -0.172. The number of benzene rings is 1. The van der Waals surface area contributed by atoms with Gasteiger partial charge >= 0.3 is 0 Å². The molecule has 0 spiro atoms. The number of nitrogens with zero attached hydrogens (tertiary/aromatic N) is 1. The van der Waals surface area contributed by atoms with Gasteiger partial charge in [0.2, 0.25) is 0 Å². The van der Waals surface area contributed by atoms with Crippen LogP contribution in [-0.2, 0) is 6.54 Å². The lowest BCUT2D eigenvalue weighted by Crippen LogP contribution is -2.34. The van der Waals surface area contributed by atoms with Gasteiger partial charge in [0.15, 0.2) is 5.96 Å². The number of nitrogens with one attached hydrogen (secondary N) is 2. The maximum absolute atomic E-state index is 13.2. The lowest BCUT2D eigenvalue weighted by molar-refractivity contribution is 0.615. The molecule has 0 aromatic heterocycles. The minimum absolute atomic E-state index is 0.172. The van der Waals surface area contributed by atoms with Crippen LogP contribution in [0.5, 0.6) is 0 Å². The summed E-state index contributed by atoms with van der Waals surface area (Å²) in [5.74, 6) is 0.518. The van der Waals surface area contributed by atoms with Gasteiger partial charge in [-0.15, -0.1) is 0 Å². The van der Waals surface area contributed by atoms with Gasteiger partial charge in [-0.3, -0.25) is 4.99 Å². The molecule has 15 heavy (non-hydrogen) atoms. The zero-order valence-corrected chi connectivity index (χ0v) is 9.26. The van der Waals surface area contributed by atoms with Gasteiger partial charge in [0.1, 0.15) is 5.82 Å². The number of halogens is 1. The molecule has 0 unspecified atom stereocenters. The van der Waals surface area contributed by atoms with Crippen molar-refractivity contribution in [2.75, 3.05) is 14.1 Å². The molecule has 0 aliphatic rings. The predicted molar refractivity (Wildman–Crippen MR) is 60.4 cm³/mol. The molecule has 2 N–H and O–H groups in total. The second-order valence-electron chi connectivity index (χ2n) is 3.26. The summed E-state index contributed by atoms with van der Waals surface area (Å²) in [4.78, 5) is 3.96. The number of aliphatic imine (C=N–C) groups is 1. The minimum Gasteiger partial charge on any atom is -0.359 e. The van der Waals surface area contributed by atoms with E-state index in [0.717, 1.165) is 5.56 Å². The summed E-state index contributed by atoms with van der Waals surface area (Å²) in [5.41, 5.74) is 1.56. The van der Waals surface area contributed by atoms with E-state index in [9.17, 15) is 4.39 Å². The second-order valence-corrected chi connectivity index (χ2v) is 3.26. The fourth-order valence-corrected chi connectivity index (χ4v) is 1.21. The average molecular weight is 209 g/mol. The largest absolute Gasteiger partial charge is 0.359 e. The smallest absolute Gasteiger partial charge is 0.190 e. The van der Waals surface area contributed by atoms with Crippen LogP contribution in [-0.4, -0.2) is 20.1 Å². The van der Waals surface area contributed by atoms with Gasteiger partial charge in [0, 0.05) is 20.6 Å². The fourth-order valence-electron chi connectivity index (χ4n) is 1.21. The van der Waals surface area contributed by atoms with Crippen molar-refractivity contribution in [2.24, 2.45) is 4.99 Å². The Kier molecular flexibility index (Phi) is 4.09. The maximum atomic E-state index is 13.2. The third-order valence-electron chi connectivity index (χ3n) is 2.16. The van der Waals surface area contributed by atoms with Gasteiger partial charge in [-0.05, 0) is 24.1 Å². The van der Waals surface area contributed by atoms with E-state index in [2.05, 4.69) is 15.6 Å². The van der Waals surface area contributed by atoms with E-state index in [4.69, 9.17) is 0 Å². The molecule has 0 saturated heterocycles. The standard InChI is InChI=1S/C11H16FN3/c1-8-4-5-9(6-10(8)12)7-15-11(13-2)14-3/h4-6H,7H2,1-3H3,(H2,13,14,15). The van der Waals surface area contributed by atoms with E-state index in [1.807, 2.05) is 6.07 Å². The van der Waals surface area contributed by atoms with Crippen LogP contribution in [0.25, 0.3) is 0 Å². The average Bonchev–Trinajstić information content (AvgIpc) is 2.24. The number of aryl methyl sites for hydroxylation is 1. The van der Waals surface area contributed by atoms with Gasteiger partial charge in [0.05, 0.1) is 0 Å². The molecule has 82 valence electrons. The molecule has 3 nitrogen and oxygen atoms in total. The van der Waals surface area contributed by atoms with Crippen molar-refractivity contribution in [3.8, 4) is 0 Å². The monoisotopic (exact) mass is 209 g/mol. The molecular formula is C11H16FN3. The van der Waals surface area contributed by atoms with Gasteiger partial charge in [-0.1, -0.05) is 12.1 Å². The Labute approximate surface area is 89.4 Å². The quantitative estimate of drug-likeness (QED) is 0.571. The highest BCUT2D eigenvalue weighted by atomic mass is 19.1. The lowest BCUT2D eigenvalue weighted by Gasteiger charge is -2.08.